The van der Waals surface area contributed by atoms with Gasteiger partial charge in [0, 0.05) is 22.9 Å². The Bertz CT molecular complexity index is 623. The second-order valence-electron chi connectivity index (χ2n) is 4.84. The highest BCUT2D eigenvalue weighted by molar-refractivity contribution is 6.30. The van der Waals surface area contributed by atoms with Crippen LogP contribution in [0.3, 0.4) is 0 Å². The number of hydrogen-bond donors (Lipinski definition) is 2. The van der Waals surface area contributed by atoms with E-state index in [1.165, 1.54) is 0 Å². The Morgan fingerprint density at radius 1 is 1.15 bits per heavy atom. The number of pyridine rings is 1. The molecule has 0 radical (unpaired) electrons. The number of benzene rings is 1. The van der Waals surface area contributed by atoms with Gasteiger partial charge in [-0.25, -0.2) is 0 Å². The van der Waals surface area contributed by atoms with Crippen LogP contribution in [0.4, 0.5) is 11.4 Å². The zero-order chi connectivity index (χ0) is 13.9. The zero-order valence-corrected chi connectivity index (χ0v) is 11.5. The minimum atomic E-state index is -0.0697. The molecule has 102 valence electrons. The smallest absolute Gasteiger partial charge is 0.253 e. The maximum atomic E-state index is 11.9. The van der Waals surface area contributed by atoms with Crippen molar-refractivity contribution >= 4 is 28.9 Å². The van der Waals surface area contributed by atoms with Gasteiger partial charge in [-0.05, 0) is 43.2 Å². The summed E-state index contributed by atoms with van der Waals surface area (Å²) in [4.78, 5) is 16.0. The number of halogens is 1. The highest BCUT2D eigenvalue weighted by Gasteiger charge is 2.23. The highest BCUT2D eigenvalue weighted by Crippen LogP contribution is 2.21. The van der Waals surface area contributed by atoms with Gasteiger partial charge in [-0.3, -0.25) is 9.78 Å². The molecule has 2 aromatic rings. The lowest BCUT2D eigenvalue weighted by Gasteiger charge is -2.08. The van der Waals surface area contributed by atoms with Gasteiger partial charge >= 0.3 is 0 Å². The lowest BCUT2D eigenvalue weighted by atomic mass is 10.2. The number of carbonyl (C=O) groups excluding carboxylic acids is 1. The van der Waals surface area contributed by atoms with E-state index in [0.717, 1.165) is 24.2 Å². The predicted molar refractivity (Wildman–Crippen MR) is 79.5 cm³/mol. The van der Waals surface area contributed by atoms with E-state index in [0.29, 0.717) is 16.6 Å². The van der Waals surface area contributed by atoms with Gasteiger partial charge in [0.15, 0.2) is 0 Å². The second-order valence-corrected chi connectivity index (χ2v) is 5.28. The van der Waals surface area contributed by atoms with Gasteiger partial charge in [0.2, 0.25) is 0 Å². The summed E-state index contributed by atoms with van der Waals surface area (Å²) in [6.45, 7) is 0. The molecule has 0 spiro atoms. The Kier molecular flexibility index (Phi) is 3.56. The van der Waals surface area contributed by atoms with Crippen LogP contribution in [0, 0.1) is 0 Å². The number of rotatable bonds is 4. The van der Waals surface area contributed by atoms with Crippen molar-refractivity contribution in [2.75, 3.05) is 5.32 Å². The van der Waals surface area contributed by atoms with Crippen molar-refractivity contribution in [1.29, 1.82) is 0 Å². The fourth-order valence-electron chi connectivity index (χ4n) is 1.83. The lowest BCUT2D eigenvalue weighted by molar-refractivity contribution is 0.0951. The molecule has 1 aliphatic carbocycles. The average molecular weight is 288 g/mol. The van der Waals surface area contributed by atoms with Crippen molar-refractivity contribution in [3.8, 4) is 0 Å². The fourth-order valence-corrected chi connectivity index (χ4v) is 1.95. The number of anilines is 2. The number of amides is 1. The van der Waals surface area contributed by atoms with Crippen molar-refractivity contribution in [2.24, 2.45) is 0 Å². The van der Waals surface area contributed by atoms with Crippen molar-refractivity contribution in [3.05, 3.63) is 53.3 Å². The Labute approximate surface area is 122 Å². The molecule has 0 unspecified atom stereocenters. The maximum Gasteiger partial charge on any atom is 0.253 e. The SMILES string of the molecule is O=C(NC1CC1)c1cncc(Nc2ccc(Cl)cc2)c1. The molecule has 4 nitrogen and oxygen atoms in total. The van der Waals surface area contributed by atoms with Crippen LogP contribution in [0.15, 0.2) is 42.7 Å². The monoisotopic (exact) mass is 287 g/mol. The van der Waals surface area contributed by atoms with Crippen molar-refractivity contribution < 1.29 is 4.79 Å². The van der Waals surface area contributed by atoms with Crippen LogP contribution in [-0.2, 0) is 0 Å². The average Bonchev–Trinajstić information content (AvgIpc) is 3.26. The normalized spacial score (nSPS) is 13.8. The summed E-state index contributed by atoms with van der Waals surface area (Å²) >= 11 is 5.84. The Hall–Kier alpha value is -2.07. The summed E-state index contributed by atoms with van der Waals surface area (Å²) in [5, 5.41) is 6.83. The fraction of sp³-hybridized carbons (Fsp3) is 0.200. The third-order valence-electron chi connectivity index (χ3n) is 3.05. The van der Waals surface area contributed by atoms with Gasteiger partial charge in [0.25, 0.3) is 5.91 Å². The summed E-state index contributed by atoms with van der Waals surface area (Å²) < 4.78 is 0. The molecule has 0 bridgehead atoms. The Morgan fingerprint density at radius 2 is 1.90 bits per heavy atom. The van der Waals surface area contributed by atoms with Crippen LogP contribution in [0.25, 0.3) is 0 Å². The molecule has 1 aromatic heterocycles. The van der Waals surface area contributed by atoms with Gasteiger partial charge in [-0.1, -0.05) is 11.6 Å². The molecule has 1 aliphatic rings. The van der Waals surface area contributed by atoms with Crippen LogP contribution in [0.5, 0.6) is 0 Å². The highest BCUT2D eigenvalue weighted by atomic mass is 35.5. The molecule has 0 saturated heterocycles. The van der Waals surface area contributed by atoms with E-state index in [-0.39, 0.29) is 5.91 Å². The lowest BCUT2D eigenvalue weighted by Crippen LogP contribution is -2.25. The van der Waals surface area contributed by atoms with E-state index >= 15 is 0 Å². The minimum Gasteiger partial charge on any atom is -0.354 e. The van der Waals surface area contributed by atoms with Gasteiger partial charge in [-0.15, -0.1) is 0 Å². The van der Waals surface area contributed by atoms with E-state index in [9.17, 15) is 4.79 Å². The van der Waals surface area contributed by atoms with Gasteiger partial charge < -0.3 is 10.6 Å². The molecule has 0 atom stereocenters. The van der Waals surface area contributed by atoms with Crippen LogP contribution < -0.4 is 10.6 Å². The largest absolute Gasteiger partial charge is 0.354 e. The third-order valence-corrected chi connectivity index (χ3v) is 3.30. The summed E-state index contributed by atoms with van der Waals surface area (Å²) in [7, 11) is 0. The third kappa shape index (κ3) is 3.27. The van der Waals surface area contributed by atoms with E-state index < -0.39 is 0 Å². The van der Waals surface area contributed by atoms with E-state index in [1.54, 1.807) is 30.6 Å². The van der Waals surface area contributed by atoms with Gasteiger partial charge in [0.1, 0.15) is 0 Å². The number of carbonyl (C=O) groups is 1. The van der Waals surface area contributed by atoms with Crippen LogP contribution in [0.2, 0.25) is 5.02 Å². The molecular formula is C15H14ClN3O. The molecule has 1 saturated carbocycles. The first-order valence-electron chi connectivity index (χ1n) is 6.49. The van der Waals surface area contributed by atoms with Crippen molar-refractivity contribution in [2.45, 2.75) is 18.9 Å². The first-order valence-corrected chi connectivity index (χ1v) is 6.87. The van der Waals surface area contributed by atoms with Gasteiger partial charge in [-0.2, -0.15) is 0 Å². The molecule has 5 heteroatoms. The quantitative estimate of drug-likeness (QED) is 0.906. The Morgan fingerprint density at radius 3 is 2.60 bits per heavy atom. The standard InChI is InChI=1S/C15H14ClN3O/c16-11-1-3-12(4-2-11)18-14-7-10(8-17-9-14)15(20)19-13-5-6-13/h1-4,7-9,13,18H,5-6H2,(H,19,20). The summed E-state index contributed by atoms with van der Waals surface area (Å²) in [5.74, 6) is -0.0697. The second kappa shape index (κ2) is 5.51. The van der Waals surface area contributed by atoms with E-state index in [4.69, 9.17) is 11.6 Å². The van der Waals surface area contributed by atoms with E-state index in [1.807, 2.05) is 12.1 Å². The molecule has 1 amide bonds. The zero-order valence-electron chi connectivity index (χ0n) is 10.8. The van der Waals surface area contributed by atoms with Crippen molar-refractivity contribution in [1.82, 2.24) is 10.3 Å². The first-order chi connectivity index (χ1) is 9.70. The molecule has 1 fully saturated rings. The molecular weight excluding hydrogens is 274 g/mol. The Balaban J connectivity index is 1.73. The molecule has 20 heavy (non-hydrogen) atoms. The molecule has 3 rings (SSSR count). The number of aromatic nitrogens is 1. The topological polar surface area (TPSA) is 54.0 Å². The molecule has 2 N–H and O–H groups in total. The summed E-state index contributed by atoms with van der Waals surface area (Å²) in [6, 6.07) is 9.50. The van der Waals surface area contributed by atoms with Crippen LogP contribution >= 0.6 is 11.6 Å². The number of nitrogens with zero attached hydrogens (tertiary/aromatic N) is 1. The maximum absolute atomic E-state index is 11.9. The summed E-state index contributed by atoms with van der Waals surface area (Å²) in [5.41, 5.74) is 2.24. The van der Waals surface area contributed by atoms with Crippen LogP contribution in [0.1, 0.15) is 23.2 Å². The predicted octanol–water partition coefficient (Wildman–Crippen LogP) is 3.37. The molecule has 1 heterocycles. The molecule has 0 aliphatic heterocycles. The number of nitrogens with one attached hydrogen (secondary N) is 2. The van der Waals surface area contributed by atoms with Gasteiger partial charge in [0.05, 0.1) is 17.4 Å². The number of hydrogen-bond acceptors (Lipinski definition) is 3. The van der Waals surface area contributed by atoms with Crippen LogP contribution in [-0.4, -0.2) is 16.9 Å². The molecule has 1 aromatic carbocycles. The van der Waals surface area contributed by atoms with E-state index in [2.05, 4.69) is 15.6 Å². The van der Waals surface area contributed by atoms with Crippen molar-refractivity contribution in [3.63, 3.8) is 0 Å². The minimum absolute atomic E-state index is 0.0697. The first kappa shape index (κ1) is 12.9. The summed E-state index contributed by atoms with van der Waals surface area (Å²) in [6.07, 6.45) is 5.40.